The van der Waals surface area contributed by atoms with Gasteiger partial charge >= 0.3 is 5.97 Å². The minimum Gasteiger partial charge on any atom is -0.545 e. The number of carbonyl (C=O) groups excluding carboxylic acids is 2. The number of carboxylic acids is 1. The van der Waals surface area contributed by atoms with Gasteiger partial charge in [0.15, 0.2) is 0 Å². The summed E-state index contributed by atoms with van der Waals surface area (Å²) in [5, 5.41) is 15.3. The molecule has 140 valence electrons. The van der Waals surface area contributed by atoms with Crippen molar-refractivity contribution in [2.75, 3.05) is 26.2 Å². The molecule has 0 saturated heterocycles. The number of allylic oxidation sites excluding steroid dienone is 1. The Bertz CT molecular complexity index is 773. The second-order valence-electron chi connectivity index (χ2n) is 5.56. The number of aliphatic carboxylic acids is 1. The van der Waals surface area contributed by atoms with Gasteiger partial charge in [0.1, 0.15) is 0 Å². The molecule has 0 amide bonds. The molecule has 1 atom stereocenters. The SMILES string of the molecule is COC(=O)C1=C(C)NC(COCCCl)=C(C(=O)[O-])C1c1cccc(Cl)c1. The summed E-state index contributed by atoms with van der Waals surface area (Å²) in [7, 11) is 1.24. The molecule has 0 radical (unpaired) electrons. The highest BCUT2D eigenvalue weighted by Gasteiger charge is 2.35. The number of rotatable bonds is 7. The molecule has 1 aliphatic rings. The summed E-state index contributed by atoms with van der Waals surface area (Å²) >= 11 is 11.7. The summed E-state index contributed by atoms with van der Waals surface area (Å²) < 4.78 is 10.2. The molecule has 1 aromatic carbocycles. The molecule has 1 N–H and O–H groups in total. The van der Waals surface area contributed by atoms with Crippen LogP contribution in [0.3, 0.4) is 0 Å². The number of alkyl halides is 1. The largest absolute Gasteiger partial charge is 0.545 e. The van der Waals surface area contributed by atoms with Crippen LogP contribution in [0.1, 0.15) is 18.4 Å². The topological polar surface area (TPSA) is 87.7 Å². The number of hydrogen-bond acceptors (Lipinski definition) is 6. The zero-order chi connectivity index (χ0) is 19.3. The van der Waals surface area contributed by atoms with Crippen molar-refractivity contribution < 1.29 is 24.2 Å². The summed E-state index contributed by atoms with van der Waals surface area (Å²) in [4.78, 5) is 24.3. The Labute approximate surface area is 161 Å². The lowest BCUT2D eigenvalue weighted by Crippen LogP contribution is -2.38. The standard InChI is InChI=1S/C18H19Cl2NO5/c1-10-14(18(24)25-2)15(11-4-3-5-12(20)8-11)16(17(22)23)13(21-10)9-26-7-6-19/h3-5,8,15,21H,6-7,9H2,1-2H3,(H,22,23)/p-1. The van der Waals surface area contributed by atoms with Crippen LogP contribution in [0.25, 0.3) is 0 Å². The zero-order valence-corrected chi connectivity index (χ0v) is 15.8. The highest BCUT2D eigenvalue weighted by molar-refractivity contribution is 6.30. The predicted octanol–water partition coefficient (Wildman–Crippen LogP) is 1.73. The van der Waals surface area contributed by atoms with E-state index in [1.54, 1.807) is 31.2 Å². The fourth-order valence-corrected chi connectivity index (χ4v) is 3.19. The van der Waals surface area contributed by atoms with Crippen molar-refractivity contribution in [3.63, 3.8) is 0 Å². The highest BCUT2D eigenvalue weighted by Crippen LogP contribution is 2.39. The van der Waals surface area contributed by atoms with Gasteiger partial charge in [0, 0.05) is 33.8 Å². The molecule has 2 rings (SSSR count). The van der Waals surface area contributed by atoms with E-state index >= 15 is 0 Å². The van der Waals surface area contributed by atoms with E-state index < -0.39 is 17.9 Å². The highest BCUT2D eigenvalue weighted by atomic mass is 35.5. The summed E-state index contributed by atoms with van der Waals surface area (Å²) in [6, 6.07) is 6.64. The van der Waals surface area contributed by atoms with Crippen molar-refractivity contribution in [3.8, 4) is 0 Å². The second kappa shape index (κ2) is 9.07. The van der Waals surface area contributed by atoms with Crippen molar-refractivity contribution in [2.45, 2.75) is 12.8 Å². The Morgan fingerprint density at radius 3 is 2.62 bits per heavy atom. The molecule has 0 spiro atoms. The Hall–Kier alpha value is -2.02. The van der Waals surface area contributed by atoms with E-state index in [2.05, 4.69) is 5.32 Å². The molecule has 8 heteroatoms. The number of ether oxygens (including phenoxy) is 2. The third-order valence-corrected chi connectivity index (χ3v) is 4.31. The molecule has 0 aromatic heterocycles. The van der Waals surface area contributed by atoms with Gasteiger partial charge in [-0.1, -0.05) is 23.7 Å². The Kier molecular flexibility index (Phi) is 7.08. The van der Waals surface area contributed by atoms with Gasteiger partial charge in [0.2, 0.25) is 0 Å². The van der Waals surface area contributed by atoms with E-state index in [0.29, 0.717) is 22.0 Å². The van der Waals surface area contributed by atoms with Gasteiger partial charge in [-0.15, -0.1) is 11.6 Å². The molecule has 0 saturated carbocycles. The summed E-state index contributed by atoms with van der Waals surface area (Å²) in [6.45, 7) is 1.90. The van der Waals surface area contributed by atoms with Crippen molar-refractivity contribution in [1.29, 1.82) is 0 Å². The van der Waals surface area contributed by atoms with E-state index in [4.69, 9.17) is 32.7 Å². The molecule has 0 fully saturated rings. The van der Waals surface area contributed by atoms with Crippen LogP contribution in [0, 0.1) is 0 Å². The molecule has 0 bridgehead atoms. The number of carboxylic acid groups (broad SMARTS) is 1. The van der Waals surface area contributed by atoms with Crippen LogP contribution in [-0.4, -0.2) is 38.1 Å². The quantitative estimate of drug-likeness (QED) is 0.427. The number of nitrogens with one attached hydrogen (secondary N) is 1. The third kappa shape index (κ3) is 4.38. The van der Waals surface area contributed by atoms with E-state index in [1.165, 1.54) is 7.11 Å². The molecular weight excluding hydrogens is 381 g/mol. The van der Waals surface area contributed by atoms with E-state index in [1.807, 2.05) is 0 Å². The smallest absolute Gasteiger partial charge is 0.336 e. The number of dihydropyridines is 1. The van der Waals surface area contributed by atoms with Gasteiger partial charge in [-0.05, 0) is 24.6 Å². The average Bonchev–Trinajstić information content (AvgIpc) is 2.60. The minimum atomic E-state index is -1.42. The molecule has 1 aliphatic heterocycles. The van der Waals surface area contributed by atoms with Crippen LogP contribution < -0.4 is 10.4 Å². The molecule has 0 aliphatic carbocycles. The maximum atomic E-state index is 12.3. The average molecular weight is 399 g/mol. The van der Waals surface area contributed by atoms with E-state index in [-0.39, 0.29) is 30.2 Å². The number of methoxy groups -OCH3 is 1. The molecule has 6 nitrogen and oxygen atoms in total. The van der Waals surface area contributed by atoms with Crippen molar-refractivity contribution in [1.82, 2.24) is 5.32 Å². The van der Waals surface area contributed by atoms with E-state index in [9.17, 15) is 14.7 Å². The first kappa shape index (κ1) is 20.3. The first-order valence-corrected chi connectivity index (χ1v) is 8.71. The number of hydrogen-bond donors (Lipinski definition) is 1. The lowest BCUT2D eigenvalue weighted by molar-refractivity contribution is -0.299. The zero-order valence-electron chi connectivity index (χ0n) is 14.3. The van der Waals surface area contributed by atoms with Gasteiger partial charge in [0.05, 0.1) is 31.9 Å². The van der Waals surface area contributed by atoms with Crippen LogP contribution in [0.15, 0.2) is 46.8 Å². The minimum absolute atomic E-state index is 0.0150. The summed E-state index contributed by atoms with van der Waals surface area (Å²) in [5.41, 5.74) is 1.37. The van der Waals surface area contributed by atoms with E-state index in [0.717, 1.165) is 0 Å². The first-order chi connectivity index (χ1) is 12.4. The van der Waals surface area contributed by atoms with Gasteiger partial charge in [0.25, 0.3) is 0 Å². The van der Waals surface area contributed by atoms with Crippen LogP contribution in [0.5, 0.6) is 0 Å². The maximum Gasteiger partial charge on any atom is 0.336 e. The van der Waals surface area contributed by atoms with Crippen LogP contribution in [0.4, 0.5) is 0 Å². The van der Waals surface area contributed by atoms with Crippen molar-refractivity contribution in [2.24, 2.45) is 0 Å². The van der Waals surface area contributed by atoms with Gasteiger partial charge < -0.3 is 24.7 Å². The van der Waals surface area contributed by atoms with Gasteiger partial charge in [-0.25, -0.2) is 4.79 Å². The monoisotopic (exact) mass is 398 g/mol. The van der Waals surface area contributed by atoms with Crippen LogP contribution in [-0.2, 0) is 19.1 Å². The number of halogens is 2. The number of esters is 1. The summed E-state index contributed by atoms with van der Waals surface area (Å²) in [5.74, 6) is -2.68. The fourth-order valence-electron chi connectivity index (χ4n) is 2.88. The Morgan fingerprint density at radius 2 is 2.04 bits per heavy atom. The lowest BCUT2D eigenvalue weighted by atomic mass is 9.80. The maximum absolute atomic E-state index is 12.3. The predicted molar refractivity (Wildman–Crippen MR) is 95.6 cm³/mol. The molecule has 1 unspecified atom stereocenters. The molecule has 1 aromatic rings. The summed E-state index contributed by atoms with van der Waals surface area (Å²) in [6.07, 6.45) is 0. The van der Waals surface area contributed by atoms with Gasteiger partial charge in [-0.2, -0.15) is 0 Å². The van der Waals surface area contributed by atoms with Gasteiger partial charge in [-0.3, -0.25) is 0 Å². The number of carbonyl (C=O) groups is 2. The van der Waals surface area contributed by atoms with Crippen molar-refractivity contribution >= 4 is 35.1 Å². The molecule has 1 heterocycles. The fraction of sp³-hybridized carbons (Fsp3) is 0.333. The van der Waals surface area contributed by atoms with Crippen molar-refractivity contribution in [3.05, 3.63) is 57.4 Å². The first-order valence-electron chi connectivity index (χ1n) is 7.80. The lowest BCUT2D eigenvalue weighted by Gasteiger charge is -2.33. The third-order valence-electron chi connectivity index (χ3n) is 3.92. The normalized spacial score (nSPS) is 17.2. The Morgan fingerprint density at radius 1 is 1.31 bits per heavy atom. The Balaban J connectivity index is 2.62. The second-order valence-corrected chi connectivity index (χ2v) is 6.38. The molecular formula is C18H18Cl2NO5-. The molecule has 26 heavy (non-hydrogen) atoms. The number of benzene rings is 1. The van der Waals surface area contributed by atoms with Crippen LogP contribution in [0.2, 0.25) is 5.02 Å². The van der Waals surface area contributed by atoms with Crippen LogP contribution >= 0.6 is 23.2 Å².